The summed E-state index contributed by atoms with van der Waals surface area (Å²) in [6.45, 7) is 0.120. The van der Waals surface area contributed by atoms with Gasteiger partial charge in [-0.3, -0.25) is 9.59 Å². The number of methoxy groups -OCH3 is 1. The molecular weight excluding hydrogens is 392 g/mol. The Morgan fingerprint density at radius 3 is 2.45 bits per heavy atom. The Bertz CT molecular complexity index is 1290. The molecule has 0 radical (unpaired) electrons. The average Bonchev–Trinajstić information content (AvgIpc) is 3.45. The first-order valence-electron chi connectivity index (χ1n) is 10.1. The third kappa shape index (κ3) is 2.20. The van der Waals surface area contributed by atoms with Gasteiger partial charge in [0, 0.05) is 11.5 Å². The minimum atomic E-state index is -1.48. The van der Waals surface area contributed by atoms with Crippen LogP contribution in [0.4, 0.5) is 0 Å². The predicted molar refractivity (Wildman–Crippen MR) is 114 cm³/mol. The first-order valence-corrected chi connectivity index (χ1v) is 10.1. The van der Waals surface area contributed by atoms with E-state index < -0.39 is 17.3 Å². The molecule has 152 valence electrons. The Balaban J connectivity index is 1.69. The number of rotatable bonds is 2. The molecule has 0 bridgehead atoms. The second-order valence-corrected chi connectivity index (χ2v) is 7.91. The van der Waals surface area contributed by atoms with Crippen LogP contribution in [0.2, 0.25) is 0 Å². The summed E-state index contributed by atoms with van der Waals surface area (Å²) in [5.41, 5.74) is 3.16. The number of hydrogen-bond donors (Lipinski definition) is 0. The van der Waals surface area contributed by atoms with E-state index in [0.717, 1.165) is 22.3 Å². The van der Waals surface area contributed by atoms with Crippen molar-refractivity contribution in [2.24, 2.45) is 5.41 Å². The van der Waals surface area contributed by atoms with E-state index in [1.807, 2.05) is 66.7 Å². The van der Waals surface area contributed by atoms with E-state index in [2.05, 4.69) is 0 Å². The molecule has 6 rings (SSSR count). The second kappa shape index (κ2) is 6.32. The van der Waals surface area contributed by atoms with Crippen molar-refractivity contribution < 1.29 is 23.8 Å². The quantitative estimate of drug-likeness (QED) is 0.461. The molecule has 0 fully saturated rings. The standard InChI is InChI=1S/C26H18O5/c1-29-25(28)26-20(11-15-7-3-2-4-8-15)16-9-5-6-10-17(16)23(26)18-12-21-22(31-14-30-21)13-19(18)24(26)27/h2-13,23H,14H2,1H3/b20-11+/t23-,26+/m1/s1. The first-order chi connectivity index (χ1) is 15.2. The van der Waals surface area contributed by atoms with E-state index in [0.29, 0.717) is 22.6 Å². The molecule has 3 aromatic carbocycles. The Morgan fingerprint density at radius 1 is 0.968 bits per heavy atom. The van der Waals surface area contributed by atoms with Crippen molar-refractivity contribution in [2.45, 2.75) is 5.92 Å². The summed E-state index contributed by atoms with van der Waals surface area (Å²) in [5.74, 6) is -0.197. The van der Waals surface area contributed by atoms with Gasteiger partial charge in [0.2, 0.25) is 6.79 Å². The molecule has 1 heterocycles. The molecule has 2 atom stereocenters. The topological polar surface area (TPSA) is 61.8 Å². The lowest BCUT2D eigenvalue weighted by molar-refractivity contribution is -0.146. The van der Waals surface area contributed by atoms with Gasteiger partial charge in [-0.2, -0.15) is 0 Å². The molecule has 3 aliphatic rings. The van der Waals surface area contributed by atoms with Gasteiger partial charge < -0.3 is 14.2 Å². The number of carbonyl (C=O) groups is 2. The van der Waals surface area contributed by atoms with E-state index in [1.165, 1.54) is 7.11 Å². The monoisotopic (exact) mass is 410 g/mol. The highest BCUT2D eigenvalue weighted by atomic mass is 16.7. The van der Waals surface area contributed by atoms with Gasteiger partial charge in [-0.25, -0.2) is 0 Å². The largest absolute Gasteiger partial charge is 0.468 e. The Morgan fingerprint density at radius 2 is 1.68 bits per heavy atom. The van der Waals surface area contributed by atoms with Crippen LogP contribution >= 0.6 is 0 Å². The normalized spacial score (nSPS) is 23.5. The summed E-state index contributed by atoms with van der Waals surface area (Å²) < 4.78 is 16.4. The Hall–Kier alpha value is -3.86. The molecule has 1 aliphatic heterocycles. The summed E-state index contributed by atoms with van der Waals surface area (Å²) in [6, 6.07) is 21.0. The van der Waals surface area contributed by atoms with Crippen LogP contribution in [0.1, 0.15) is 38.5 Å². The smallest absolute Gasteiger partial charge is 0.325 e. The molecule has 5 nitrogen and oxygen atoms in total. The number of ether oxygens (including phenoxy) is 3. The van der Waals surface area contributed by atoms with Crippen LogP contribution in [0, 0.1) is 5.41 Å². The lowest BCUT2D eigenvalue weighted by Gasteiger charge is -2.27. The zero-order valence-electron chi connectivity index (χ0n) is 16.8. The van der Waals surface area contributed by atoms with Crippen LogP contribution in [0.3, 0.4) is 0 Å². The number of benzene rings is 3. The summed E-state index contributed by atoms with van der Waals surface area (Å²) in [5, 5.41) is 0. The molecular formula is C26H18O5. The lowest BCUT2D eigenvalue weighted by Crippen LogP contribution is -2.39. The molecule has 0 spiro atoms. The van der Waals surface area contributed by atoms with Crippen molar-refractivity contribution in [1.82, 2.24) is 0 Å². The van der Waals surface area contributed by atoms with Gasteiger partial charge in [0.25, 0.3) is 0 Å². The van der Waals surface area contributed by atoms with E-state index >= 15 is 0 Å². The van der Waals surface area contributed by atoms with Crippen LogP contribution in [-0.4, -0.2) is 25.7 Å². The van der Waals surface area contributed by atoms with Crippen LogP contribution in [0.5, 0.6) is 11.5 Å². The predicted octanol–water partition coefficient (Wildman–Crippen LogP) is 4.46. The van der Waals surface area contributed by atoms with Gasteiger partial charge >= 0.3 is 5.97 Å². The fourth-order valence-electron chi connectivity index (χ4n) is 5.24. The number of fused-ring (bicyclic) bond motifs is 6. The van der Waals surface area contributed by atoms with Crippen molar-refractivity contribution in [3.05, 3.63) is 94.5 Å². The highest BCUT2D eigenvalue weighted by molar-refractivity contribution is 6.28. The van der Waals surface area contributed by atoms with Crippen molar-refractivity contribution in [3.8, 4) is 11.5 Å². The number of Topliss-reactive ketones (excluding diaryl/α,β-unsaturated/α-hetero) is 1. The van der Waals surface area contributed by atoms with Gasteiger partial charge in [-0.1, -0.05) is 54.6 Å². The fraction of sp³-hybridized carbons (Fsp3) is 0.154. The number of hydrogen-bond acceptors (Lipinski definition) is 5. The maximum absolute atomic E-state index is 14.0. The lowest BCUT2D eigenvalue weighted by atomic mass is 9.72. The molecule has 31 heavy (non-hydrogen) atoms. The van der Waals surface area contributed by atoms with Crippen molar-refractivity contribution in [3.63, 3.8) is 0 Å². The molecule has 2 aliphatic carbocycles. The van der Waals surface area contributed by atoms with Crippen LogP contribution in [0.15, 0.2) is 66.7 Å². The minimum Gasteiger partial charge on any atom is -0.468 e. The zero-order valence-corrected chi connectivity index (χ0v) is 16.8. The average molecular weight is 410 g/mol. The molecule has 0 unspecified atom stereocenters. The van der Waals surface area contributed by atoms with Crippen molar-refractivity contribution in [2.75, 3.05) is 13.9 Å². The van der Waals surface area contributed by atoms with Crippen LogP contribution < -0.4 is 9.47 Å². The summed E-state index contributed by atoms with van der Waals surface area (Å²) in [4.78, 5) is 27.5. The third-order valence-corrected chi connectivity index (χ3v) is 6.50. The summed E-state index contributed by atoms with van der Waals surface area (Å²) in [7, 11) is 1.33. The first kappa shape index (κ1) is 18.0. The highest BCUT2D eigenvalue weighted by Gasteiger charge is 2.66. The van der Waals surface area contributed by atoms with Crippen LogP contribution in [0.25, 0.3) is 11.6 Å². The molecule has 5 heteroatoms. The molecule has 0 amide bonds. The summed E-state index contributed by atoms with van der Waals surface area (Å²) in [6.07, 6.45) is 1.93. The minimum absolute atomic E-state index is 0.120. The highest BCUT2D eigenvalue weighted by Crippen LogP contribution is 2.65. The van der Waals surface area contributed by atoms with Crippen molar-refractivity contribution >= 4 is 23.4 Å². The van der Waals surface area contributed by atoms with E-state index in [1.54, 1.807) is 6.07 Å². The van der Waals surface area contributed by atoms with Crippen LogP contribution in [-0.2, 0) is 9.53 Å². The maximum Gasteiger partial charge on any atom is 0.325 e. The second-order valence-electron chi connectivity index (χ2n) is 7.91. The van der Waals surface area contributed by atoms with Gasteiger partial charge in [0.05, 0.1) is 7.11 Å². The Kier molecular flexibility index (Phi) is 3.66. The molecule has 0 N–H and O–H groups in total. The number of esters is 1. The zero-order chi connectivity index (χ0) is 21.2. The number of ketones is 1. The van der Waals surface area contributed by atoms with Gasteiger partial charge in [-0.15, -0.1) is 0 Å². The van der Waals surface area contributed by atoms with Gasteiger partial charge in [0.15, 0.2) is 22.7 Å². The third-order valence-electron chi connectivity index (χ3n) is 6.50. The van der Waals surface area contributed by atoms with E-state index in [9.17, 15) is 9.59 Å². The molecule has 3 aromatic rings. The fourth-order valence-corrected chi connectivity index (χ4v) is 5.24. The SMILES string of the molecule is COC(=O)[C@]12C(=O)c3cc4c(cc3[C@H]1c1ccccc1/C2=C\c1ccccc1)OCO4. The maximum atomic E-state index is 14.0. The number of carbonyl (C=O) groups excluding carboxylic acids is 2. The van der Waals surface area contributed by atoms with Gasteiger partial charge in [-0.05, 0) is 46.0 Å². The molecule has 0 saturated carbocycles. The van der Waals surface area contributed by atoms with E-state index in [-0.39, 0.29) is 12.6 Å². The Labute approximate surface area is 178 Å². The van der Waals surface area contributed by atoms with Crippen molar-refractivity contribution in [1.29, 1.82) is 0 Å². The molecule has 0 aromatic heterocycles. The van der Waals surface area contributed by atoms with E-state index in [4.69, 9.17) is 14.2 Å². The summed E-state index contributed by atoms with van der Waals surface area (Å²) >= 11 is 0. The molecule has 0 saturated heterocycles. The van der Waals surface area contributed by atoms with Gasteiger partial charge in [0.1, 0.15) is 0 Å².